The SMILES string of the molecule is C[C@H](NC(=O)C=Cc1ccc(F)cc1F)c1cccc(N2CCOCC2)c1. The van der Waals surface area contributed by atoms with Gasteiger partial charge >= 0.3 is 0 Å². The number of anilines is 1. The smallest absolute Gasteiger partial charge is 0.244 e. The van der Waals surface area contributed by atoms with E-state index in [9.17, 15) is 13.6 Å². The van der Waals surface area contributed by atoms with Gasteiger partial charge in [0.2, 0.25) is 5.91 Å². The summed E-state index contributed by atoms with van der Waals surface area (Å²) in [5.41, 5.74) is 2.24. The van der Waals surface area contributed by atoms with Gasteiger partial charge in [0.25, 0.3) is 0 Å². The Labute approximate surface area is 157 Å². The van der Waals surface area contributed by atoms with Crippen molar-refractivity contribution in [3.05, 3.63) is 71.3 Å². The lowest BCUT2D eigenvalue weighted by molar-refractivity contribution is -0.117. The van der Waals surface area contributed by atoms with E-state index in [2.05, 4.69) is 16.3 Å². The molecule has 0 aliphatic carbocycles. The molecule has 142 valence electrons. The predicted octanol–water partition coefficient (Wildman–Crippen LogP) is 3.69. The van der Waals surface area contributed by atoms with Crippen LogP contribution in [0.2, 0.25) is 0 Å². The third-order valence-corrected chi connectivity index (χ3v) is 4.48. The van der Waals surface area contributed by atoms with Crippen molar-refractivity contribution in [2.24, 2.45) is 0 Å². The molecule has 1 N–H and O–H groups in total. The van der Waals surface area contributed by atoms with Crippen molar-refractivity contribution in [1.82, 2.24) is 5.32 Å². The standard InChI is InChI=1S/C21H22F2N2O2/c1-15(17-3-2-4-19(13-17)25-9-11-27-12-10-25)24-21(26)8-6-16-5-7-18(22)14-20(16)23/h2-8,13-15H,9-12H2,1H3,(H,24,26)/t15-/m0/s1. The molecule has 2 aromatic rings. The number of halogens is 2. The highest BCUT2D eigenvalue weighted by Crippen LogP contribution is 2.21. The largest absolute Gasteiger partial charge is 0.378 e. The van der Waals surface area contributed by atoms with Crippen LogP contribution in [-0.4, -0.2) is 32.2 Å². The number of carbonyl (C=O) groups excluding carboxylic acids is 1. The first-order valence-corrected chi connectivity index (χ1v) is 8.89. The molecule has 1 heterocycles. The molecule has 0 spiro atoms. The lowest BCUT2D eigenvalue weighted by Crippen LogP contribution is -2.36. The fraction of sp³-hybridized carbons (Fsp3) is 0.286. The number of nitrogens with one attached hydrogen (secondary N) is 1. The summed E-state index contributed by atoms with van der Waals surface area (Å²) in [5, 5.41) is 2.86. The third-order valence-electron chi connectivity index (χ3n) is 4.48. The molecule has 6 heteroatoms. The van der Waals surface area contributed by atoms with Crippen molar-refractivity contribution in [3.8, 4) is 0 Å². The molecule has 1 aliphatic heterocycles. The van der Waals surface area contributed by atoms with Gasteiger partial charge < -0.3 is 15.0 Å². The van der Waals surface area contributed by atoms with E-state index in [0.29, 0.717) is 13.2 Å². The number of morpholine rings is 1. The molecular weight excluding hydrogens is 350 g/mol. The van der Waals surface area contributed by atoms with Crippen LogP contribution in [0.15, 0.2) is 48.5 Å². The molecule has 1 fully saturated rings. The number of ether oxygens (including phenoxy) is 1. The van der Waals surface area contributed by atoms with Crippen molar-refractivity contribution in [1.29, 1.82) is 0 Å². The van der Waals surface area contributed by atoms with E-state index >= 15 is 0 Å². The molecule has 3 rings (SSSR count). The van der Waals surface area contributed by atoms with E-state index in [1.165, 1.54) is 18.2 Å². The van der Waals surface area contributed by atoms with Crippen LogP contribution in [0.5, 0.6) is 0 Å². The second-order valence-corrected chi connectivity index (χ2v) is 6.42. The fourth-order valence-corrected chi connectivity index (χ4v) is 2.96. The average molecular weight is 372 g/mol. The van der Waals surface area contributed by atoms with Gasteiger partial charge in [0, 0.05) is 36.5 Å². The number of carbonyl (C=O) groups is 1. The van der Waals surface area contributed by atoms with Gasteiger partial charge in [0.1, 0.15) is 11.6 Å². The normalized spacial score (nSPS) is 15.7. The summed E-state index contributed by atoms with van der Waals surface area (Å²) in [5.74, 6) is -1.70. The van der Waals surface area contributed by atoms with Crippen LogP contribution >= 0.6 is 0 Å². The predicted molar refractivity (Wildman–Crippen MR) is 101 cm³/mol. The van der Waals surface area contributed by atoms with Crippen molar-refractivity contribution < 1.29 is 18.3 Å². The topological polar surface area (TPSA) is 41.6 Å². The first-order valence-electron chi connectivity index (χ1n) is 8.89. The number of nitrogens with zero attached hydrogens (tertiary/aromatic N) is 1. The summed E-state index contributed by atoms with van der Waals surface area (Å²) in [4.78, 5) is 14.4. The first kappa shape index (κ1) is 19.0. The highest BCUT2D eigenvalue weighted by atomic mass is 19.1. The molecule has 4 nitrogen and oxygen atoms in total. The van der Waals surface area contributed by atoms with Crippen LogP contribution in [0, 0.1) is 11.6 Å². The molecule has 1 atom stereocenters. The Morgan fingerprint density at radius 1 is 1.19 bits per heavy atom. The first-order chi connectivity index (χ1) is 13.0. The summed E-state index contributed by atoms with van der Waals surface area (Å²) in [7, 11) is 0. The van der Waals surface area contributed by atoms with Gasteiger partial charge in [-0.3, -0.25) is 4.79 Å². The summed E-state index contributed by atoms with van der Waals surface area (Å²) in [6.07, 6.45) is 2.58. The van der Waals surface area contributed by atoms with Gasteiger partial charge in [-0.15, -0.1) is 0 Å². The quantitative estimate of drug-likeness (QED) is 0.814. The van der Waals surface area contributed by atoms with E-state index in [0.717, 1.165) is 36.5 Å². The molecule has 0 bridgehead atoms. The molecule has 0 unspecified atom stereocenters. The monoisotopic (exact) mass is 372 g/mol. The minimum atomic E-state index is -0.703. The van der Waals surface area contributed by atoms with Gasteiger partial charge in [-0.1, -0.05) is 12.1 Å². The third kappa shape index (κ3) is 5.14. The van der Waals surface area contributed by atoms with Gasteiger partial charge in [0.05, 0.1) is 19.3 Å². The number of amides is 1. The van der Waals surface area contributed by atoms with Gasteiger partial charge in [-0.2, -0.15) is 0 Å². The summed E-state index contributed by atoms with van der Waals surface area (Å²) in [6.45, 7) is 5.00. The zero-order valence-corrected chi connectivity index (χ0v) is 15.1. The van der Waals surface area contributed by atoms with E-state index in [-0.39, 0.29) is 17.5 Å². The van der Waals surface area contributed by atoms with E-state index in [4.69, 9.17) is 4.74 Å². The molecule has 0 saturated carbocycles. The molecule has 2 aromatic carbocycles. The van der Waals surface area contributed by atoms with Gasteiger partial charge in [-0.05, 0) is 42.8 Å². The number of hydrogen-bond donors (Lipinski definition) is 1. The maximum atomic E-state index is 13.6. The fourth-order valence-electron chi connectivity index (χ4n) is 2.96. The maximum Gasteiger partial charge on any atom is 0.244 e. The van der Waals surface area contributed by atoms with Crippen LogP contribution in [0.4, 0.5) is 14.5 Å². The lowest BCUT2D eigenvalue weighted by atomic mass is 10.1. The number of benzene rings is 2. The van der Waals surface area contributed by atoms with Crippen LogP contribution in [-0.2, 0) is 9.53 Å². The Morgan fingerprint density at radius 2 is 1.96 bits per heavy atom. The van der Waals surface area contributed by atoms with Crippen molar-refractivity contribution in [2.75, 3.05) is 31.2 Å². The Kier molecular flexibility index (Phi) is 6.19. The van der Waals surface area contributed by atoms with E-state index in [1.807, 2.05) is 25.1 Å². The highest BCUT2D eigenvalue weighted by Gasteiger charge is 2.14. The number of hydrogen-bond acceptors (Lipinski definition) is 3. The summed E-state index contributed by atoms with van der Waals surface area (Å²) >= 11 is 0. The molecule has 1 saturated heterocycles. The molecule has 1 aliphatic rings. The Hall–Kier alpha value is -2.73. The van der Waals surface area contributed by atoms with Crippen LogP contribution < -0.4 is 10.2 Å². The average Bonchev–Trinajstić information content (AvgIpc) is 2.68. The Morgan fingerprint density at radius 3 is 2.70 bits per heavy atom. The Balaban J connectivity index is 1.63. The molecule has 27 heavy (non-hydrogen) atoms. The molecule has 1 amide bonds. The molecule has 0 aromatic heterocycles. The van der Waals surface area contributed by atoms with Gasteiger partial charge in [0.15, 0.2) is 0 Å². The van der Waals surface area contributed by atoms with Crippen molar-refractivity contribution in [3.63, 3.8) is 0 Å². The van der Waals surface area contributed by atoms with Crippen LogP contribution in [0.25, 0.3) is 6.08 Å². The second-order valence-electron chi connectivity index (χ2n) is 6.42. The lowest BCUT2D eigenvalue weighted by Gasteiger charge is -2.29. The second kappa shape index (κ2) is 8.77. The maximum absolute atomic E-state index is 13.6. The molecular formula is C21H22F2N2O2. The minimum Gasteiger partial charge on any atom is -0.378 e. The zero-order chi connectivity index (χ0) is 19.2. The van der Waals surface area contributed by atoms with Crippen molar-refractivity contribution in [2.45, 2.75) is 13.0 Å². The summed E-state index contributed by atoms with van der Waals surface area (Å²) < 4.78 is 31.9. The summed E-state index contributed by atoms with van der Waals surface area (Å²) in [6, 6.07) is 11.0. The van der Waals surface area contributed by atoms with Gasteiger partial charge in [-0.25, -0.2) is 8.78 Å². The number of rotatable bonds is 5. The van der Waals surface area contributed by atoms with E-state index < -0.39 is 11.6 Å². The highest BCUT2D eigenvalue weighted by molar-refractivity contribution is 5.92. The van der Waals surface area contributed by atoms with E-state index in [1.54, 1.807) is 0 Å². The van der Waals surface area contributed by atoms with Crippen LogP contribution in [0.3, 0.4) is 0 Å². The van der Waals surface area contributed by atoms with Crippen LogP contribution in [0.1, 0.15) is 24.1 Å². The van der Waals surface area contributed by atoms with Crippen molar-refractivity contribution >= 4 is 17.7 Å². The Bertz CT molecular complexity index is 833. The molecule has 0 radical (unpaired) electrons. The minimum absolute atomic E-state index is 0.161. The zero-order valence-electron chi connectivity index (χ0n) is 15.1.